The van der Waals surface area contributed by atoms with E-state index in [-0.39, 0.29) is 24.8 Å². The molecule has 0 unspecified atom stereocenters. The van der Waals surface area contributed by atoms with E-state index in [1.54, 1.807) is 0 Å². The first-order valence-electron chi connectivity index (χ1n) is 15.4. The number of allylic oxidation sites excluding steroid dienone is 4. The fourth-order valence-corrected chi connectivity index (χ4v) is 6.00. The van der Waals surface area contributed by atoms with Gasteiger partial charge in [0.15, 0.2) is 0 Å². The van der Waals surface area contributed by atoms with Crippen molar-refractivity contribution < 1.29 is 49.0 Å². The van der Waals surface area contributed by atoms with Gasteiger partial charge in [-0.3, -0.25) is 6.08 Å². The van der Waals surface area contributed by atoms with Gasteiger partial charge in [-0.15, -0.1) is 46.2 Å². The van der Waals surface area contributed by atoms with Crippen molar-refractivity contribution in [2.24, 2.45) is 11.8 Å². The number of aryl methyl sites for hydroxylation is 2. The van der Waals surface area contributed by atoms with Crippen molar-refractivity contribution >= 4 is 24.8 Å². The molecular weight excluding hydrogens is 655 g/mol. The third-order valence-electron chi connectivity index (χ3n) is 7.98. The van der Waals surface area contributed by atoms with Crippen molar-refractivity contribution in [2.45, 2.75) is 60.8 Å². The maximum absolute atomic E-state index is 3.41. The van der Waals surface area contributed by atoms with E-state index in [0.29, 0.717) is 11.8 Å². The van der Waals surface area contributed by atoms with Crippen LogP contribution in [-0.2, 0) is 37.1 Å². The molecule has 5 aromatic rings. The molecule has 0 atom stereocenters. The Kier molecular flexibility index (Phi) is 15.9. The van der Waals surface area contributed by atoms with E-state index in [2.05, 4.69) is 157 Å². The van der Waals surface area contributed by atoms with E-state index < -0.39 is 0 Å². The summed E-state index contributed by atoms with van der Waals surface area (Å²) in [4.78, 5) is 0. The number of benzene rings is 4. The van der Waals surface area contributed by atoms with Crippen LogP contribution >= 0.6 is 0 Å². The minimum atomic E-state index is 0. The topological polar surface area (TPSA) is 0 Å². The third kappa shape index (κ3) is 10.0. The maximum atomic E-state index is 3.41. The van der Waals surface area contributed by atoms with Crippen LogP contribution in [0.25, 0.3) is 21.5 Å². The quantitative estimate of drug-likeness (QED) is 0.219. The van der Waals surface area contributed by atoms with Gasteiger partial charge in [0.25, 0.3) is 0 Å². The van der Waals surface area contributed by atoms with Gasteiger partial charge in [-0.25, -0.2) is 11.6 Å². The molecule has 1 aliphatic rings. The van der Waals surface area contributed by atoms with E-state index in [1.807, 2.05) is 0 Å². The minimum absolute atomic E-state index is 0. The molecule has 1 aliphatic carbocycles. The molecule has 0 bridgehead atoms. The summed E-state index contributed by atoms with van der Waals surface area (Å²) in [6, 6.07) is 37.1. The Morgan fingerprint density at radius 3 is 1.48 bits per heavy atom. The van der Waals surface area contributed by atoms with E-state index in [4.69, 9.17) is 0 Å². The zero-order chi connectivity index (χ0) is 30.1. The van der Waals surface area contributed by atoms with Crippen LogP contribution in [0.1, 0.15) is 70.2 Å². The van der Waals surface area contributed by atoms with Crippen LogP contribution in [0.3, 0.4) is 0 Å². The van der Waals surface area contributed by atoms with Gasteiger partial charge in [-0.2, -0.15) is 5.57 Å². The number of hydrogen-bond acceptors (Lipinski definition) is 0. The Bertz CT molecular complexity index is 1570. The van der Waals surface area contributed by atoms with E-state index in [1.165, 1.54) is 82.4 Å². The predicted molar refractivity (Wildman–Crippen MR) is 181 cm³/mol. The van der Waals surface area contributed by atoms with Gasteiger partial charge < -0.3 is 24.8 Å². The normalized spacial score (nSPS) is 12.0. The molecule has 0 saturated heterocycles. The van der Waals surface area contributed by atoms with Gasteiger partial charge in [0.05, 0.1) is 0 Å². The summed E-state index contributed by atoms with van der Waals surface area (Å²) in [5.74, 6) is 1.34. The number of rotatable bonds is 6. The van der Waals surface area contributed by atoms with Gasteiger partial charge >= 0.3 is 99.2 Å². The monoisotopic (exact) mass is 696 g/mol. The van der Waals surface area contributed by atoms with Gasteiger partial charge in [0, 0.05) is 0 Å². The Morgan fingerprint density at radius 1 is 0.682 bits per heavy atom. The van der Waals surface area contributed by atoms with Crippen molar-refractivity contribution in [3.63, 3.8) is 0 Å². The second kappa shape index (κ2) is 18.5. The second-order valence-corrected chi connectivity index (χ2v) is 12.9. The number of fused-ring (bicyclic) bond motifs is 3. The average Bonchev–Trinajstić information content (AvgIpc) is 3.67. The van der Waals surface area contributed by atoms with Crippen molar-refractivity contribution in [1.82, 2.24) is 0 Å². The summed E-state index contributed by atoms with van der Waals surface area (Å²) >= 11 is 1.46. The molecule has 3 heteroatoms. The van der Waals surface area contributed by atoms with Crippen LogP contribution in [0.15, 0.2) is 120 Å². The zero-order valence-electron chi connectivity index (χ0n) is 26.9. The van der Waals surface area contributed by atoms with E-state index >= 15 is 0 Å². The molecule has 0 nitrogen and oxygen atoms in total. The third-order valence-corrected chi connectivity index (χ3v) is 9.39. The molecular formula is C41H44Cl2Zr-2. The van der Waals surface area contributed by atoms with Gasteiger partial charge in [-0.05, 0) is 18.8 Å². The summed E-state index contributed by atoms with van der Waals surface area (Å²) in [6.45, 7) is 13.4. The van der Waals surface area contributed by atoms with Crippen LogP contribution in [0.4, 0.5) is 0 Å². The van der Waals surface area contributed by atoms with Crippen LogP contribution in [0.5, 0.6) is 0 Å². The van der Waals surface area contributed by atoms with E-state index in [9.17, 15) is 0 Å². The zero-order valence-corrected chi connectivity index (χ0v) is 30.9. The molecule has 0 spiro atoms. The first kappa shape index (κ1) is 37.7. The van der Waals surface area contributed by atoms with Crippen molar-refractivity contribution in [1.29, 1.82) is 0 Å². The molecule has 0 radical (unpaired) electrons. The SMILES string of the molecule is CC(C)C1=[C-]CC(C(C)C)=C1.CCc1ccc2c(c1)[cH-]c1cc(CC)ccc12.[Cl-].[Cl-].[Zr+2]=[C](c1ccccc1)c1ccccc1. The predicted octanol–water partition coefficient (Wildman–Crippen LogP) is 5.00. The molecule has 0 aliphatic heterocycles. The first-order chi connectivity index (χ1) is 20.3. The Balaban J connectivity index is 0.000000231. The fourth-order valence-electron chi connectivity index (χ4n) is 5.18. The van der Waals surface area contributed by atoms with Crippen LogP contribution in [0, 0.1) is 17.9 Å². The van der Waals surface area contributed by atoms with Crippen molar-refractivity contribution in [3.8, 4) is 0 Å². The molecule has 0 amide bonds. The molecule has 0 N–H and O–H groups in total. The number of hydrogen-bond donors (Lipinski definition) is 0. The second-order valence-electron chi connectivity index (χ2n) is 11.6. The standard InChI is InChI=1S/C17H17.C13H10.C11H17.2ClH.Zr/c1-3-12-5-7-16-14(9-12)11-15-10-13(4-2)6-8-17(15)16;1-3-7-12(8-4-1)11-13-9-5-2-6-10-13;1-8(2)10-5-6-11(7-10)9(3)4;;;/h5-11H,3-4H2,1-2H3;1-10H;7-9H,5H2,1-4H3;2*1H;/q-1;;-1;;;+2/p-2. The molecule has 0 aromatic heterocycles. The molecule has 6 rings (SSSR count). The van der Waals surface area contributed by atoms with Gasteiger partial charge in [0.1, 0.15) is 0 Å². The van der Waals surface area contributed by atoms with Gasteiger partial charge in [-0.1, -0.05) is 82.9 Å². The Hall–Kier alpha value is -2.44. The molecule has 0 saturated carbocycles. The number of halogens is 2. The van der Waals surface area contributed by atoms with Crippen LogP contribution < -0.4 is 24.8 Å². The molecule has 44 heavy (non-hydrogen) atoms. The van der Waals surface area contributed by atoms with Gasteiger partial charge in [0.2, 0.25) is 0 Å². The fraction of sp³-hybridized carbons (Fsp3) is 0.268. The molecule has 228 valence electrons. The van der Waals surface area contributed by atoms with E-state index in [0.717, 1.165) is 19.3 Å². The summed E-state index contributed by atoms with van der Waals surface area (Å²) in [5, 5.41) is 5.54. The van der Waals surface area contributed by atoms with Crippen LogP contribution in [-0.4, -0.2) is 3.21 Å². The summed E-state index contributed by atoms with van der Waals surface area (Å²) in [7, 11) is 0. The molecule has 5 aromatic carbocycles. The average molecular weight is 699 g/mol. The van der Waals surface area contributed by atoms with Crippen molar-refractivity contribution in [2.75, 3.05) is 0 Å². The van der Waals surface area contributed by atoms with Crippen LogP contribution in [0.2, 0.25) is 0 Å². The summed E-state index contributed by atoms with van der Waals surface area (Å²) in [5.41, 5.74) is 8.43. The summed E-state index contributed by atoms with van der Waals surface area (Å²) < 4.78 is 1.42. The Morgan fingerprint density at radius 2 is 1.14 bits per heavy atom. The Labute approximate surface area is 293 Å². The molecule has 0 heterocycles. The first-order valence-corrected chi connectivity index (χ1v) is 16.6. The van der Waals surface area contributed by atoms with Crippen molar-refractivity contribution in [3.05, 3.63) is 149 Å². The summed E-state index contributed by atoms with van der Waals surface area (Å²) in [6.07, 6.45) is 9.00. The molecule has 0 fully saturated rings.